The Morgan fingerprint density at radius 2 is 1.68 bits per heavy atom. The van der Waals surface area contributed by atoms with Crippen molar-refractivity contribution < 1.29 is 4.79 Å². The number of thiocarbonyl (C=S) groups is 1. The van der Waals surface area contributed by atoms with Crippen LogP contribution in [0.2, 0.25) is 5.02 Å². The molecule has 2 aromatic rings. The average molecular weight is 374 g/mol. The summed E-state index contributed by atoms with van der Waals surface area (Å²) >= 11 is 11.2. The first-order valence-corrected chi connectivity index (χ1v) is 9.14. The normalized spacial score (nSPS) is 14.0. The standard InChI is InChI=1S/C19H20ClN3OS/c20-17-7-3-2-6-16(17)18(24)22-19(25)21-14-8-10-15(11-9-14)23-12-4-1-5-13-23/h2-3,6-11H,1,4-5,12-13H2,(H2,21,22,24,25). The van der Waals surface area contributed by atoms with Crippen LogP contribution in [0.3, 0.4) is 0 Å². The van der Waals surface area contributed by atoms with Gasteiger partial charge < -0.3 is 10.2 Å². The molecule has 130 valence electrons. The van der Waals surface area contributed by atoms with Crippen LogP contribution in [0.25, 0.3) is 0 Å². The van der Waals surface area contributed by atoms with Crippen molar-refractivity contribution in [2.75, 3.05) is 23.3 Å². The molecule has 3 rings (SSSR count). The summed E-state index contributed by atoms with van der Waals surface area (Å²) in [6.45, 7) is 2.22. The van der Waals surface area contributed by atoms with Crippen molar-refractivity contribution in [2.24, 2.45) is 0 Å². The molecule has 1 heterocycles. The van der Waals surface area contributed by atoms with Gasteiger partial charge in [0.05, 0.1) is 10.6 Å². The second kappa shape index (κ2) is 8.32. The fourth-order valence-electron chi connectivity index (χ4n) is 2.89. The first-order valence-electron chi connectivity index (χ1n) is 8.35. The van der Waals surface area contributed by atoms with E-state index in [1.54, 1.807) is 24.3 Å². The van der Waals surface area contributed by atoms with Crippen LogP contribution in [0.15, 0.2) is 48.5 Å². The van der Waals surface area contributed by atoms with E-state index in [-0.39, 0.29) is 11.0 Å². The Morgan fingerprint density at radius 1 is 1.00 bits per heavy atom. The molecule has 0 spiro atoms. The number of piperidine rings is 1. The number of nitrogens with one attached hydrogen (secondary N) is 2. The minimum atomic E-state index is -0.326. The summed E-state index contributed by atoms with van der Waals surface area (Å²) in [6, 6.07) is 15.0. The highest BCUT2D eigenvalue weighted by atomic mass is 35.5. The molecule has 0 radical (unpaired) electrons. The lowest BCUT2D eigenvalue weighted by Crippen LogP contribution is -2.34. The molecule has 0 saturated carbocycles. The first kappa shape index (κ1) is 17.7. The first-order chi connectivity index (χ1) is 12.1. The molecule has 0 aliphatic carbocycles. The van der Waals surface area contributed by atoms with Crippen molar-refractivity contribution in [3.05, 3.63) is 59.1 Å². The minimum Gasteiger partial charge on any atom is -0.372 e. The molecule has 25 heavy (non-hydrogen) atoms. The number of hydrogen-bond donors (Lipinski definition) is 2. The quantitative estimate of drug-likeness (QED) is 0.780. The van der Waals surface area contributed by atoms with Crippen molar-refractivity contribution in [3.63, 3.8) is 0 Å². The molecular formula is C19H20ClN3OS. The van der Waals surface area contributed by atoms with Crippen LogP contribution in [-0.4, -0.2) is 24.1 Å². The van der Waals surface area contributed by atoms with Crippen LogP contribution >= 0.6 is 23.8 Å². The number of hydrogen-bond acceptors (Lipinski definition) is 3. The maximum atomic E-state index is 12.2. The number of rotatable bonds is 3. The molecule has 0 atom stereocenters. The van der Waals surface area contributed by atoms with Gasteiger partial charge in [-0.05, 0) is 67.9 Å². The third kappa shape index (κ3) is 4.71. The molecule has 4 nitrogen and oxygen atoms in total. The van der Waals surface area contributed by atoms with E-state index in [2.05, 4.69) is 27.7 Å². The van der Waals surface area contributed by atoms with E-state index in [1.165, 1.54) is 24.9 Å². The van der Waals surface area contributed by atoms with Crippen molar-refractivity contribution in [1.82, 2.24) is 5.32 Å². The monoisotopic (exact) mass is 373 g/mol. The van der Waals surface area contributed by atoms with Crippen LogP contribution in [0.5, 0.6) is 0 Å². The molecule has 1 saturated heterocycles. The van der Waals surface area contributed by atoms with Crippen LogP contribution < -0.4 is 15.5 Å². The zero-order chi connectivity index (χ0) is 17.6. The van der Waals surface area contributed by atoms with Crippen molar-refractivity contribution >= 4 is 46.2 Å². The molecule has 1 fully saturated rings. The highest BCUT2D eigenvalue weighted by Gasteiger charge is 2.12. The van der Waals surface area contributed by atoms with Gasteiger partial charge in [-0.3, -0.25) is 10.1 Å². The van der Waals surface area contributed by atoms with Gasteiger partial charge in [-0.15, -0.1) is 0 Å². The fourth-order valence-corrected chi connectivity index (χ4v) is 3.32. The molecule has 0 aromatic heterocycles. The lowest BCUT2D eigenvalue weighted by molar-refractivity contribution is 0.0978. The number of carbonyl (C=O) groups excluding carboxylic acids is 1. The number of benzene rings is 2. The Hall–Kier alpha value is -2.11. The number of amides is 1. The number of anilines is 2. The Morgan fingerprint density at radius 3 is 2.36 bits per heavy atom. The maximum absolute atomic E-state index is 12.2. The predicted molar refractivity (Wildman–Crippen MR) is 108 cm³/mol. The molecule has 0 bridgehead atoms. The second-order valence-corrected chi connectivity index (χ2v) is 6.80. The Bertz CT molecular complexity index is 758. The summed E-state index contributed by atoms with van der Waals surface area (Å²) in [5.41, 5.74) is 2.45. The van der Waals surface area contributed by atoms with Crippen molar-refractivity contribution in [1.29, 1.82) is 0 Å². The Balaban J connectivity index is 1.57. The van der Waals surface area contributed by atoms with Gasteiger partial charge in [-0.1, -0.05) is 23.7 Å². The third-order valence-electron chi connectivity index (χ3n) is 4.19. The number of nitrogens with zero attached hydrogens (tertiary/aromatic N) is 1. The molecule has 1 amide bonds. The van der Waals surface area contributed by atoms with Crippen LogP contribution in [0.4, 0.5) is 11.4 Å². The van der Waals surface area contributed by atoms with E-state index in [4.69, 9.17) is 23.8 Å². The molecule has 1 aliphatic heterocycles. The molecule has 2 N–H and O–H groups in total. The highest BCUT2D eigenvalue weighted by Crippen LogP contribution is 2.22. The van der Waals surface area contributed by atoms with Gasteiger partial charge in [-0.25, -0.2) is 0 Å². The van der Waals surface area contributed by atoms with E-state index in [0.29, 0.717) is 10.6 Å². The third-order valence-corrected chi connectivity index (χ3v) is 4.73. The summed E-state index contributed by atoms with van der Waals surface area (Å²) in [7, 11) is 0. The zero-order valence-corrected chi connectivity index (χ0v) is 15.4. The van der Waals surface area contributed by atoms with Crippen LogP contribution in [-0.2, 0) is 0 Å². The Labute approximate surface area is 158 Å². The SMILES string of the molecule is O=C(NC(=S)Nc1ccc(N2CCCCC2)cc1)c1ccccc1Cl. The topological polar surface area (TPSA) is 44.4 Å². The van der Waals surface area contributed by atoms with E-state index in [9.17, 15) is 4.79 Å². The van der Waals surface area contributed by atoms with E-state index >= 15 is 0 Å². The van der Waals surface area contributed by atoms with Crippen LogP contribution in [0, 0.1) is 0 Å². The summed E-state index contributed by atoms with van der Waals surface area (Å²) in [5.74, 6) is -0.326. The maximum Gasteiger partial charge on any atom is 0.258 e. The lowest BCUT2D eigenvalue weighted by Gasteiger charge is -2.28. The van der Waals surface area contributed by atoms with E-state index in [0.717, 1.165) is 18.8 Å². The number of halogens is 1. The molecular weight excluding hydrogens is 354 g/mol. The molecule has 0 unspecified atom stereocenters. The van der Waals surface area contributed by atoms with Gasteiger partial charge in [0.15, 0.2) is 5.11 Å². The highest BCUT2D eigenvalue weighted by molar-refractivity contribution is 7.80. The van der Waals surface area contributed by atoms with Crippen LogP contribution in [0.1, 0.15) is 29.6 Å². The van der Waals surface area contributed by atoms with Gasteiger partial charge in [0.25, 0.3) is 5.91 Å². The fraction of sp³-hybridized carbons (Fsp3) is 0.263. The van der Waals surface area contributed by atoms with E-state index in [1.807, 2.05) is 12.1 Å². The average Bonchev–Trinajstić information content (AvgIpc) is 2.63. The van der Waals surface area contributed by atoms with Crippen molar-refractivity contribution in [3.8, 4) is 0 Å². The molecule has 6 heteroatoms. The summed E-state index contributed by atoms with van der Waals surface area (Å²) in [6.07, 6.45) is 3.81. The number of carbonyl (C=O) groups is 1. The lowest BCUT2D eigenvalue weighted by atomic mass is 10.1. The van der Waals surface area contributed by atoms with Crippen molar-refractivity contribution in [2.45, 2.75) is 19.3 Å². The zero-order valence-electron chi connectivity index (χ0n) is 13.8. The largest absolute Gasteiger partial charge is 0.372 e. The smallest absolute Gasteiger partial charge is 0.258 e. The molecule has 1 aliphatic rings. The summed E-state index contributed by atoms with van der Waals surface area (Å²) < 4.78 is 0. The molecule has 2 aromatic carbocycles. The summed E-state index contributed by atoms with van der Waals surface area (Å²) in [4.78, 5) is 14.6. The Kier molecular flexibility index (Phi) is 5.89. The minimum absolute atomic E-state index is 0.246. The summed E-state index contributed by atoms with van der Waals surface area (Å²) in [5, 5.41) is 6.32. The van der Waals surface area contributed by atoms with Gasteiger partial charge >= 0.3 is 0 Å². The van der Waals surface area contributed by atoms with Gasteiger partial charge in [0, 0.05) is 24.5 Å². The van der Waals surface area contributed by atoms with Gasteiger partial charge in [0.1, 0.15) is 0 Å². The van der Waals surface area contributed by atoms with E-state index < -0.39 is 0 Å². The predicted octanol–water partition coefficient (Wildman–Crippen LogP) is 4.46. The van der Waals surface area contributed by atoms with Gasteiger partial charge in [0.2, 0.25) is 0 Å². The van der Waals surface area contributed by atoms with Gasteiger partial charge in [-0.2, -0.15) is 0 Å². The second-order valence-electron chi connectivity index (χ2n) is 5.98.